The number of piperazine rings is 1. The van der Waals surface area contributed by atoms with E-state index in [1.807, 2.05) is 0 Å². The second-order valence-electron chi connectivity index (χ2n) is 9.53. The Balaban J connectivity index is 1.51. The number of hydrogen-bond donors (Lipinski definition) is 2. The Morgan fingerprint density at radius 1 is 1.11 bits per heavy atom. The van der Waals surface area contributed by atoms with E-state index in [1.165, 1.54) is 16.7 Å². The lowest BCUT2D eigenvalue weighted by Crippen LogP contribution is -2.65. The summed E-state index contributed by atoms with van der Waals surface area (Å²) in [6, 6.07) is 5.20. The normalized spacial score (nSPS) is 27.7. The van der Waals surface area contributed by atoms with E-state index >= 15 is 0 Å². The van der Waals surface area contributed by atoms with Crippen molar-refractivity contribution in [1.29, 1.82) is 0 Å². The van der Waals surface area contributed by atoms with Gasteiger partial charge in [-0.05, 0) is 12.5 Å². The number of carboxylic acids is 1. The number of aliphatic carboxylic acids is 1. The van der Waals surface area contributed by atoms with E-state index < -0.39 is 69.4 Å². The van der Waals surface area contributed by atoms with Crippen LogP contribution in [-0.2, 0) is 24.0 Å². The first kappa shape index (κ1) is 25.7. The number of amides is 5. The van der Waals surface area contributed by atoms with Crippen molar-refractivity contribution in [2.24, 2.45) is 11.8 Å². The number of carbonyl (C=O) groups is 6. The molecule has 0 radical (unpaired) electrons. The van der Waals surface area contributed by atoms with Gasteiger partial charge in [-0.3, -0.25) is 24.1 Å². The molecule has 2 N–H and O–H groups in total. The Hall–Kier alpha value is -3.41. The maximum atomic E-state index is 13.3. The summed E-state index contributed by atoms with van der Waals surface area (Å²) in [6.45, 7) is 5.68. The molecule has 1 aliphatic carbocycles. The number of urea groups is 1. The molecule has 3 fully saturated rings. The highest BCUT2D eigenvalue weighted by Gasteiger charge is 2.64. The van der Waals surface area contributed by atoms with Gasteiger partial charge in [0, 0.05) is 47.4 Å². The molecule has 36 heavy (non-hydrogen) atoms. The highest BCUT2D eigenvalue weighted by atomic mass is 32.2. The van der Waals surface area contributed by atoms with E-state index in [0.717, 1.165) is 4.90 Å². The fourth-order valence-corrected chi connectivity index (χ4v) is 6.98. The number of hydrogen-bond acceptors (Lipinski definition) is 8. The van der Waals surface area contributed by atoms with Crippen molar-refractivity contribution in [3.63, 3.8) is 0 Å². The predicted octanol–water partition coefficient (Wildman–Crippen LogP) is -0.928. The first-order valence-electron chi connectivity index (χ1n) is 11.7. The lowest BCUT2D eigenvalue weighted by Gasteiger charge is -2.41. The number of benzene rings is 1. The fourth-order valence-electron chi connectivity index (χ4n) is 5.11. The molecule has 1 saturated carbocycles. The molecule has 192 valence electrons. The number of fused-ring (bicyclic) bond motifs is 1. The van der Waals surface area contributed by atoms with Gasteiger partial charge in [0.05, 0.1) is 0 Å². The van der Waals surface area contributed by atoms with Gasteiger partial charge in [-0.1, -0.05) is 44.2 Å². The third kappa shape index (κ3) is 4.34. The highest BCUT2D eigenvalue weighted by Crippen LogP contribution is 2.57. The number of ketones is 1. The van der Waals surface area contributed by atoms with Crippen molar-refractivity contribution in [1.82, 2.24) is 20.4 Å². The quantitative estimate of drug-likeness (QED) is 0.461. The number of carboxylic acid groups (broad SMARTS) is 1. The summed E-state index contributed by atoms with van der Waals surface area (Å²) in [5.41, 5.74) is 0.407. The number of carbonyl (C=O) groups excluding carboxylic acids is 6. The van der Waals surface area contributed by atoms with Crippen LogP contribution >= 0.6 is 11.8 Å². The van der Waals surface area contributed by atoms with Crippen LogP contribution in [0.15, 0.2) is 30.3 Å². The Kier molecular flexibility index (Phi) is 6.82. The molecular weight excluding hydrogens is 488 g/mol. The number of thioether (sulfide) groups is 1. The van der Waals surface area contributed by atoms with Crippen LogP contribution in [-0.4, -0.2) is 81.0 Å². The molecule has 0 aromatic heterocycles. The minimum Gasteiger partial charge on any atom is -0.550 e. The summed E-state index contributed by atoms with van der Waals surface area (Å²) in [6.07, 6.45) is 0. The summed E-state index contributed by atoms with van der Waals surface area (Å²) in [5, 5.41) is 16.4. The van der Waals surface area contributed by atoms with E-state index in [9.17, 15) is 33.9 Å². The minimum atomic E-state index is -1.30. The molecule has 12 heteroatoms. The molecule has 2 unspecified atom stereocenters. The van der Waals surface area contributed by atoms with Crippen LogP contribution < -0.4 is 15.7 Å². The summed E-state index contributed by atoms with van der Waals surface area (Å²) < 4.78 is -0.746. The number of likely N-dealkylation sites (N-methyl/N-ethyl adjacent to an activating group) is 1. The van der Waals surface area contributed by atoms with E-state index in [0.29, 0.717) is 12.1 Å². The largest absolute Gasteiger partial charge is 0.550 e. The van der Waals surface area contributed by atoms with Crippen LogP contribution in [0.4, 0.5) is 4.79 Å². The molecule has 2 heterocycles. The van der Waals surface area contributed by atoms with Gasteiger partial charge in [0.25, 0.3) is 0 Å². The van der Waals surface area contributed by atoms with Crippen molar-refractivity contribution >= 4 is 47.3 Å². The van der Waals surface area contributed by atoms with Crippen molar-refractivity contribution in [3.8, 4) is 0 Å². The Morgan fingerprint density at radius 2 is 1.78 bits per heavy atom. The van der Waals surface area contributed by atoms with Gasteiger partial charge >= 0.3 is 17.8 Å². The molecule has 2 aliphatic heterocycles. The van der Waals surface area contributed by atoms with Gasteiger partial charge in [-0.25, -0.2) is 4.79 Å². The molecule has 1 aromatic rings. The number of nitrogens with one attached hydrogen (secondary N) is 2. The van der Waals surface area contributed by atoms with Gasteiger partial charge in [0.2, 0.25) is 5.91 Å². The second-order valence-corrected chi connectivity index (χ2v) is 11.4. The molecule has 5 amide bonds. The lowest BCUT2D eigenvalue weighted by atomic mass is 9.67. The molecule has 2 saturated heterocycles. The van der Waals surface area contributed by atoms with E-state index in [2.05, 4.69) is 10.6 Å². The summed E-state index contributed by atoms with van der Waals surface area (Å²) in [4.78, 5) is 77.5. The van der Waals surface area contributed by atoms with Crippen molar-refractivity contribution < 1.29 is 33.9 Å². The molecule has 3 aliphatic rings. The highest BCUT2D eigenvalue weighted by molar-refractivity contribution is 8.01. The third-order valence-corrected chi connectivity index (χ3v) is 8.71. The van der Waals surface area contributed by atoms with Gasteiger partial charge in [-0.2, -0.15) is 0 Å². The zero-order valence-corrected chi connectivity index (χ0v) is 20.9. The molecular formula is C24H27N4O7S-. The van der Waals surface area contributed by atoms with Crippen LogP contribution in [0, 0.1) is 11.8 Å². The molecule has 1 aromatic carbocycles. The monoisotopic (exact) mass is 515 g/mol. The number of imide groups is 1. The predicted molar refractivity (Wildman–Crippen MR) is 126 cm³/mol. The standard InChI is InChI=1S/C24H28N4O7S/c1-4-27-10-11-28(21(32)20(27)31)23(35)26-15(12-8-6-5-7-9-12)19(30)25-16-17(29)13-14(22(33)34)24(2,3)36-18(13)16/h5-9,13-16,18H,4,10-11H2,1-3H3,(H,25,30)(H,26,35)(H,33,34)/p-1/t13?,14-,15?,16+,18-/m0/s1. The van der Waals surface area contributed by atoms with Crippen LogP contribution in [0.2, 0.25) is 0 Å². The first-order valence-corrected chi connectivity index (χ1v) is 12.5. The maximum absolute atomic E-state index is 13.3. The average Bonchev–Trinajstić information content (AvgIpc) is 3.10. The number of Topliss-reactive ketones (excluding diaryl/α,β-unsaturated/α-hetero) is 1. The SMILES string of the molecule is CCN1CCN(C(=O)NC(C(=O)N[C@@H]2C(=O)C3[C@@H](C(=O)[O-])C(C)(C)S[C@@H]32)c2ccccc2)C(=O)C1=O. The van der Waals surface area contributed by atoms with E-state index in [1.54, 1.807) is 51.1 Å². The van der Waals surface area contributed by atoms with Crippen LogP contribution in [0.1, 0.15) is 32.4 Å². The van der Waals surface area contributed by atoms with Gasteiger partial charge in [-0.15, -0.1) is 11.8 Å². The Labute approximate surface area is 211 Å². The van der Waals surface area contributed by atoms with Crippen LogP contribution in [0.3, 0.4) is 0 Å². The van der Waals surface area contributed by atoms with Gasteiger partial charge in [0.15, 0.2) is 5.78 Å². The molecule has 0 bridgehead atoms. The second kappa shape index (κ2) is 9.57. The Bertz CT molecular complexity index is 1120. The van der Waals surface area contributed by atoms with E-state index in [4.69, 9.17) is 0 Å². The minimum absolute atomic E-state index is 0.0193. The summed E-state index contributed by atoms with van der Waals surface area (Å²) in [5.74, 6) is -5.89. The molecule has 0 spiro atoms. The zero-order chi connectivity index (χ0) is 26.4. The molecule has 5 atom stereocenters. The molecule has 11 nitrogen and oxygen atoms in total. The van der Waals surface area contributed by atoms with Crippen molar-refractivity contribution in [3.05, 3.63) is 35.9 Å². The first-order chi connectivity index (χ1) is 17.0. The lowest BCUT2D eigenvalue weighted by molar-refractivity contribution is -0.314. The van der Waals surface area contributed by atoms with Crippen LogP contribution in [0.5, 0.6) is 0 Å². The maximum Gasteiger partial charge on any atom is 0.325 e. The third-order valence-electron chi connectivity index (χ3n) is 7.02. The van der Waals surface area contributed by atoms with E-state index in [-0.39, 0.29) is 13.1 Å². The Morgan fingerprint density at radius 3 is 2.39 bits per heavy atom. The van der Waals surface area contributed by atoms with Gasteiger partial charge < -0.3 is 25.4 Å². The molecule has 4 rings (SSSR count). The number of nitrogens with zero attached hydrogens (tertiary/aromatic N) is 2. The van der Waals surface area contributed by atoms with Gasteiger partial charge in [0.1, 0.15) is 12.1 Å². The fraction of sp³-hybridized carbons (Fsp3) is 0.500. The van der Waals surface area contributed by atoms with Crippen molar-refractivity contribution in [2.45, 2.75) is 42.9 Å². The topological polar surface area (TPSA) is 156 Å². The summed E-state index contributed by atoms with van der Waals surface area (Å²) >= 11 is 1.32. The number of rotatable bonds is 6. The smallest absolute Gasteiger partial charge is 0.325 e. The zero-order valence-electron chi connectivity index (χ0n) is 20.1. The van der Waals surface area contributed by atoms with Crippen molar-refractivity contribution in [2.75, 3.05) is 19.6 Å². The van der Waals surface area contributed by atoms with Crippen LogP contribution in [0.25, 0.3) is 0 Å². The summed E-state index contributed by atoms with van der Waals surface area (Å²) in [7, 11) is 0. The average molecular weight is 516 g/mol.